The molecule has 0 saturated carbocycles. The molecule has 7 heteroatoms. The van der Waals surface area contributed by atoms with Gasteiger partial charge in [-0.1, -0.05) is 0 Å². The number of aromatic nitrogens is 2. The first-order valence-electron chi connectivity index (χ1n) is 5.12. The Morgan fingerprint density at radius 1 is 1.28 bits per heavy atom. The molecule has 4 N–H and O–H groups in total. The molecule has 2 rings (SSSR count). The summed E-state index contributed by atoms with van der Waals surface area (Å²) in [4.78, 5) is 8.12. The van der Waals surface area contributed by atoms with Gasteiger partial charge >= 0.3 is 0 Å². The van der Waals surface area contributed by atoms with Gasteiger partial charge in [0.25, 0.3) is 0 Å². The monoisotopic (exact) mass is 359 g/mol. The minimum absolute atomic E-state index is 0.270. The van der Waals surface area contributed by atoms with E-state index in [-0.39, 0.29) is 5.82 Å². The van der Waals surface area contributed by atoms with Crippen molar-refractivity contribution >= 4 is 39.9 Å². The largest absolute Gasteiger partial charge is 0.339 e. The Morgan fingerprint density at radius 2 is 2.00 bits per heavy atom. The molecule has 1 aromatic heterocycles. The van der Waals surface area contributed by atoms with Crippen LogP contribution < -0.4 is 16.6 Å². The lowest BCUT2D eigenvalue weighted by atomic mass is 10.2. The zero-order valence-electron chi connectivity index (χ0n) is 9.54. The normalized spacial score (nSPS) is 10.2. The van der Waals surface area contributed by atoms with E-state index in [1.807, 2.05) is 6.92 Å². The van der Waals surface area contributed by atoms with Crippen LogP contribution in [0.4, 0.5) is 21.7 Å². The molecule has 0 unspecified atom stereocenters. The SMILES string of the molecule is Cc1c(NN)ncnc1Nc1ccc(F)cc1I. The van der Waals surface area contributed by atoms with Crippen LogP contribution >= 0.6 is 22.6 Å². The first-order valence-corrected chi connectivity index (χ1v) is 6.20. The van der Waals surface area contributed by atoms with Crippen LogP contribution in [0.2, 0.25) is 0 Å². The zero-order valence-corrected chi connectivity index (χ0v) is 11.7. The summed E-state index contributed by atoms with van der Waals surface area (Å²) in [5, 5.41) is 3.12. The number of rotatable bonds is 3. The first-order chi connectivity index (χ1) is 8.61. The third-order valence-electron chi connectivity index (χ3n) is 2.41. The van der Waals surface area contributed by atoms with Crippen molar-refractivity contribution in [1.82, 2.24) is 9.97 Å². The highest BCUT2D eigenvalue weighted by atomic mass is 127. The third-order valence-corrected chi connectivity index (χ3v) is 3.30. The molecule has 0 fully saturated rings. The summed E-state index contributed by atoms with van der Waals surface area (Å²) in [7, 11) is 0. The maximum atomic E-state index is 13.0. The van der Waals surface area contributed by atoms with E-state index in [1.54, 1.807) is 6.07 Å². The second kappa shape index (κ2) is 5.44. The Hall–Kier alpha value is -1.48. The van der Waals surface area contributed by atoms with Gasteiger partial charge in [-0.15, -0.1) is 0 Å². The number of halogens is 2. The minimum atomic E-state index is -0.270. The average Bonchev–Trinajstić information content (AvgIpc) is 2.35. The van der Waals surface area contributed by atoms with Crippen LogP contribution in [0.15, 0.2) is 24.5 Å². The van der Waals surface area contributed by atoms with Crippen LogP contribution in [-0.4, -0.2) is 9.97 Å². The molecule has 0 bridgehead atoms. The van der Waals surface area contributed by atoms with E-state index in [4.69, 9.17) is 5.84 Å². The van der Waals surface area contributed by atoms with Crippen molar-refractivity contribution in [3.63, 3.8) is 0 Å². The summed E-state index contributed by atoms with van der Waals surface area (Å²) < 4.78 is 13.8. The number of benzene rings is 1. The van der Waals surface area contributed by atoms with Gasteiger partial charge in [0.2, 0.25) is 0 Å². The van der Waals surface area contributed by atoms with Gasteiger partial charge in [-0.05, 0) is 47.7 Å². The molecule has 18 heavy (non-hydrogen) atoms. The molecule has 1 heterocycles. The molecule has 0 amide bonds. The Kier molecular flexibility index (Phi) is 3.92. The van der Waals surface area contributed by atoms with Gasteiger partial charge < -0.3 is 10.7 Å². The van der Waals surface area contributed by atoms with E-state index in [9.17, 15) is 4.39 Å². The fourth-order valence-corrected chi connectivity index (χ4v) is 2.05. The molecular weight excluding hydrogens is 348 g/mol. The number of nitrogen functional groups attached to an aromatic ring is 1. The van der Waals surface area contributed by atoms with Crippen molar-refractivity contribution in [2.45, 2.75) is 6.92 Å². The topological polar surface area (TPSA) is 75.9 Å². The Morgan fingerprint density at radius 3 is 2.67 bits per heavy atom. The summed E-state index contributed by atoms with van der Waals surface area (Å²) in [6.45, 7) is 1.84. The van der Waals surface area contributed by atoms with Gasteiger partial charge in [0.15, 0.2) is 0 Å². The lowest BCUT2D eigenvalue weighted by Crippen LogP contribution is -2.11. The molecular formula is C11H11FIN5. The van der Waals surface area contributed by atoms with Gasteiger partial charge in [0.1, 0.15) is 23.8 Å². The van der Waals surface area contributed by atoms with Crippen molar-refractivity contribution in [1.29, 1.82) is 0 Å². The summed E-state index contributed by atoms with van der Waals surface area (Å²) in [5.41, 5.74) is 4.06. The fourth-order valence-electron chi connectivity index (χ4n) is 1.44. The predicted octanol–water partition coefficient (Wildman–Crippen LogP) is 2.56. The predicted molar refractivity (Wildman–Crippen MR) is 77.0 cm³/mol. The first kappa shape index (κ1) is 13.0. The molecule has 0 aliphatic carbocycles. The van der Waals surface area contributed by atoms with E-state index in [0.717, 1.165) is 14.8 Å². The van der Waals surface area contributed by atoms with Gasteiger partial charge in [-0.3, -0.25) is 0 Å². The molecule has 0 saturated heterocycles. The molecule has 2 aromatic rings. The fraction of sp³-hybridized carbons (Fsp3) is 0.0909. The van der Waals surface area contributed by atoms with E-state index in [0.29, 0.717) is 11.6 Å². The highest BCUT2D eigenvalue weighted by Crippen LogP contribution is 2.25. The highest BCUT2D eigenvalue weighted by Gasteiger charge is 2.08. The van der Waals surface area contributed by atoms with Gasteiger partial charge in [-0.25, -0.2) is 20.2 Å². The van der Waals surface area contributed by atoms with Gasteiger partial charge in [0.05, 0.1) is 5.69 Å². The number of nitrogens with zero attached hydrogens (tertiary/aromatic N) is 2. The van der Waals surface area contributed by atoms with Crippen molar-refractivity contribution < 1.29 is 4.39 Å². The highest BCUT2D eigenvalue weighted by molar-refractivity contribution is 14.1. The molecule has 0 spiro atoms. The summed E-state index contributed by atoms with van der Waals surface area (Å²) >= 11 is 2.06. The van der Waals surface area contributed by atoms with Crippen LogP contribution in [-0.2, 0) is 0 Å². The number of hydrogen-bond acceptors (Lipinski definition) is 5. The van der Waals surface area contributed by atoms with E-state index in [2.05, 4.69) is 43.3 Å². The molecule has 0 atom stereocenters. The third kappa shape index (κ3) is 2.67. The van der Waals surface area contributed by atoms with Crippen LogP contribution in [0.1, 0.15) is 5.56 Å². The van der Waals surface area contributed by atoms with E-state index < -0.39 is 0 Å². The molecule has 0 aliphatic rings. The van der Waals surface area contributed by atoms with Gasteiger partial charge in [0, 0.05) is 9.13 Å². The Bertz CT molecular complexity index is 575. The Labute approximate surface area is 117 Å². The number of anilines is 3. The quantitative estimate of drug-likeness (QED) is 0.446. The molecule has 0 radical (unpaired) electrons. The van der Waals surface area contributed by atoms with Crippen molar-refractivity contribution in [2.75, 3.05) is 10.7 Å². The number of nitrogens with two attached hydrogens (primary N) is 1. The van der Waals surface area contributed by atoms with Crippen molar-refractivity contribution in [3.05, 3.63) is 39.5 Å². The Balaban J connectivity index is 2.34. The van der Waals surface area contributed by atoms with Crippen LogP contribution in [0, 0.1) is 16.3 Å². The van der Waals surface area contributed by atoms with Crippen LogP contribution in [0.3, 0.4) is 0 Å². The molecule has 94 valence electrons. The maximum Gasteiger partial charge on any atom is 0.148 e. The number of nitrogens with one attached hydrogen (secondary N) is 2. The van der Waals surface area contributed by atoms with Crippen molar-refractivity contribution in [2.24, 2.45) is 5.84 Å². The average molecular weight is 359 g/mol. The second-order valence-corrected chi connectivity index (χ2v) is 4.75. The van der Waals surface area contributed by atoms with E-state index in [1.165, 1.54) is 18.5 Å². The van der Waals surface area contributed by atoms with Gasteiger partial charge in [-0.2, -0.15) is 0 Å². The number of hydrogen-bond donors (Lipinski definition) is 3. The lowest BCUT2D eigenvalue weighted by Gasteiger charge is -2.12. The summed E-state index contributed by atoms with van der Waals surface area (Å²) in [6, 6.07) is 4.50. The maximum absolute atomic E-state index is 13.0. The molecule has 1 aromatic carbocycles. The van der Waals surface area contributed by atoms with Crippen LogP contribution in [0.25, 0.3) is 0 Å². The zero-order chi connectivity index (χ0) is 13.1. The standard InChI is InChI=1S/C11H11FIN5/c1-6-10(15-5-16-11(6)18-14)17-9-3-2-7(12)4-8(9)13/h2-5H,14H2,1H3,(H2,15,16,17,18). The number of hydrazine groups is 1. The summed E-state index contributed by atoms with van der Waals surface area (Å²) in [6.07, 6.45) is 1.40. The summed E-state index contributed by atoms with van der Waals surface area (Å²) in [5.74, 6) is 6.25. The lowest BCUT2D eigenvalue weighted by molar-refractivity contribution is 0.627. The molecule has 0 aliphatic heterocycles. The smallest absolute Gasteiger partial charge is 0.148 e. The van der Waals surface area contributed by atoms with Crippen LogP contribution in [0.5, 0.6) is 0 Å². The minimum Gasteiger partial charge on any atom is -0.339 e. The molecule has 5 nitrogen and oxygen atoms in total. The van der Waals surface area contributed by atoms with E-state index >= 15 is 0 Å². The second-order valence-electron chi connectivity index (χ2n) is 3.59. The van der Waals surface area contributed by atoms with Crippen molar-refractivity contribution in [3.8, 4) is 0 Å².